The van der Waals surface area contributed by atoms with E-state index in [0.29, 0.717) is 5.89 Å². The highest BCUT2D eigenvalue weighted by Gasteiger charge is 2.10. The smallest absolute Gasteiger partial charge is 0.212 e. The summed E-state index contributed by atoms with van der Waals surface area (Å²) in [5, 5.41) is -0.193. The van der Waals surface area contributed by atoms with E-state index in [4.69, 9.17) is 16.0 Å². The molecule has 1 heterocycles. The largest absolute Gasteiger partial charge is 0.439 e. The van der Waals surface area contributed by atoms with Crippen molar-refractivity contribution in [3.63, 3.8) is 0 Å². The Labute approximate surface area is 107 Å². The predicted octanol–water partition coefficient (Wildman–Crippen LogP) is 4.25. The molecule has 1 aromatic heterocycles. The summed E-state index contributed by atoms with van der Waals surface area (Å²) < 4.78 is 6.71. The Morgan fingerprint density at radius 1 is 1.47 bits per heavy atom. The topological polar surface area (TPSA) is 26.0 Å². The first-order valence-corrected chi connectivity index (χ1v) is 6.04. The molecule has 2 nitrogen and oxygen atoms in total. The van der Waals surface area contributed by atoms with Crippen molar-refractivity contribution >= 4 is 34.2 Å². The zero-order chi connectivity index (χ0) is 10.8. The molecule has 0 aliphatic rings. The van der Waals surface area contributed by atoms with Crippen LogP contribution in [0, 0.1) is 3.57 Å². The van der Waals surface area contributed by atoms with E-state index in [1.807, 2.05) is 31.2 Å². The Morgan fingerprint density at radius 3 is 2.87 bits per heavy atom. The van der Waals surface area contributed by atoms with Crippen LogP contribution in [0.1, 0.15) is 18.2 Å². The summed E-state index contributed by atoms with van der Waals surface area (Å²) in [6.07, 6.45) is 1.71. The van der Waals surface area contributed by atoms with Crippen molar-refractivity contribution in [3.8, 4) is 11.3 Å². The van der Waals surface area contributed by atoms with Crippen LogP contribution in [0.4, 0.5) is 0 Å². The minimum absolute atomic E-state index is 0.193. The van der Waals surface area contributed by atoms with Crippen LogP contribution in [0.25, 0.3) is 11.3 Å². The van der Waals surface area contributed by atoms with Gasteiger partial charge in [0, 0.05) is 9.13 Å². The van der Waals surface area contributed by atoms with Crippen molar-refractivity contribution in [1.82, 2.24) is 4.98 Å². The molecule has 4 heteroatoms. The molecule has 0 radical (unpaired) electrons. The Morgan fingerprint density at radius 2 is 2.27 bits per heavy atom. The van der Waals surface area contributed by atoms with Gasteiger partial charge in [-0.15, -0.1) is 11.6 Å². The van der Waals surface area contributed by atoms with Crippen LogP contribution in [0.2, 0.25) is 0 Å². The number of rotatable bonds is 2. The van der Waals surface area contributed by atoms with Gasteiger partial charge in [-0.3, -0.25) is 0 Å². The van der Waals surface area contributed by atoms with Gasteiger partial charge in [0.1, 0.15) is 5.38 Å². The van der Waals surface area contributed by atoms with Crippen molar-refractivity contribution in [1.29, 1.82) is 0 Å². The number of aromatic nitrogens is 1. The molecule has 1 aromatic carbocycles. The summed E-state index contributed by atoms with van der Waals surface area (Å²) in [6.45, 7) is 1.84. The lowest BCUT2D eigenvalue weighted by molar-refractivity contribution is 0.508. The average Bonchev–Trinajstić information content (AvgIpc) is 2.66. The van der Waals surface area contributed by atoms with Gasteiger partial charge in [0.2, 0.25) is 5.89 Å². The fourth-order valence-corrected chi connectivity index (χ4v) is 1.89. The van der Waals surface area contributed by atoms with Crippen molar-refractivity contribution in [2.75, 3.05) is 0 Å². The second-order valence-corrected chi connectivity index (χ2v) is 5.09. The highest BCUT2D eigenvalue weighted by Crippen LogP contribution is 2.26. The molecule has 0 saturated carbocycles. The monoisotopic (exact) mass is 333 g/mol. The number of hydrogen-bond donors (Lipinski definition) is 0. The number of hydrogen-bond acceptors (Lipinski definition) is 2. The lowest BCUT2D eigenvalue weighted by Gasteiger charge is -1.97. The van der Waals surface area contributed by atoms with E-state index < -0.39 is 0 Å². The third kappa shape index (κ3) is 2.52. The van der Waals surface area contributed by atoms with Crippen LogP contribution >= 0.6 is 34.2 Å². The second kappa shape index (κ2) is 4.53. The van der Waals surface area contributed by atoms with Gasteiger partial charge in [0.25, 0.3) is 0 Å². The normalized spacial score (nSPS) is 12.7. The molecule has 2 rings (SSSR count). The summed E-state index contributed by atoms with van der Waals surface area (Å²) in [4.78, 5) is 4.12. The molecule has 0 spiro atoms. The molecule has 0 saturated heterocycles. The van der Waals surface area contributed by atoms with Crippen LogP contribution < -0.4 is 0 Å². The van der Waals surface area contributed by atoms with Gasteiger partial charge in [0.05, 0.1) is 6.20 Å². The first-order chi connectivity index (χ1) is 7.16. The Balaban J connectivity index is 2.37. The molecule has 0 bridgehead atoms. The maximum Gasteiger partial charge on any atom is 0.212 e. The van der Waals surface area contributed by atoms with Gasteiger partial charge in [-0.25, -0.2) is 4.98 Å². The van der Waals surface area contributed by atoms with Crippen molar-refractivity contribution in [2.24, 2.45) is 0 Å². The van der Waals surface area contributed by atoms with Gasteiger partial charge in [-0.2, -0.15) is 0 Å². The lowest BCUT2D eigenvalue weighted by atomic mass is 10.2. The highest BCUT2D eigenvalue weighted by atomic mass is 127. The summed E-state index contributed by atoms with van der Waals surface area (Å²) >= 11 is 8.14. The maximum absolute atomic E-state index is 5.88. The fraction of sp³-hybridized carbons (Fsp3) is 0.182. The molecule has 2 aromatic rings. The minimum atomic E-state index is -0.193. The van der Waals surface area contributed by atoms with Crippen LogP contribution in [0.3, 0.4) is 0 Å². The molecule has 0 N–H and O–H groups in total. The molecular weight excluding hydrogens is 324 g/mol. The fourth-order valence-electron chi connectivity index (χ4n) is 1.25. The van der Waals surface area contributed by atoms with Crippen molar-refractivity contribution < 1.29 is 4.42 Å². The third-order valence-corrected chi connectivity index (χ3v) is 2.83. The number of nitrogens with zero attached hydrogens (tertiary/aromatic N) is 1. The van der Waals surface area contributed by atoms with E-state index in [9.17, 15) is 0 Å². The molecule has 0 aliphatic carbocycles. The van der Waals surface area contributed by atoms with Crippen LogP contribution in [0.5, 0.6) is 0 Å². The third-order valence-electron chi connectivity index (χ3n) is 1.97. The van der Waals surface area contributed by atoms with Gasteiger partial charge in [-0.05, 0) is 41.6 Å². The highest BCUT2D eigenvalue weighted by molar-refractivity contribution is 14.1. The van der Waals surface area contributed by atoms with Crippen LogP contribution in [-0.2, 0) is 0 Å². The van der Waals surface area contributed by atoms with Crippen LogP contribution in [0.15, 0.2) is 34.9 Å². The summed E-state index contributed by atoms with van der Waals surface area (Å²) in [5.74, 6) is 1.32. The molecule has 1 atom stereocenters. The second-order valence-electron chi connectivity index (χ2n) is 3.19. The van der Waals surface area contributed by atoms with E-state index in [2.05, 4.69) is 27.6 Å². The summed E-state index contributed by atoms with van der Waals surface area (Å²) in [5.41, 5.74) is 1.03. The minimum Gasteiger partial charge on any atom is -0.439 e. The molecule has 1 unspecified atom stereocenters. The molecule has 0 amide bonds. The summed E-state index contributed by atoms with van der Waals surface area (Å²) in [6, 6.07) is 8.06. The standard InChI is InChI=1S/C11H9ClINO/c1-7(12)11-14-6-10(15-11)8-3-2-4-9(13)5-8/h2-7H,1H3. The first kappa shape index (κ1) is 11.0. The van der Waals surface area contributed by atoms with E-state index in [1.54, 1.807) is 6.20 Å². The number of halogens is 2. The number of benzene rings is 1. The average molecular weight is 334 g/mol. The molecular formula is C11H9ClINO. The number of alkyl halides is 1. The Hall–Kier alpha value is -0.550. The van der Waals surface area contributed by atoms with E-state index in [0.717, 1.165) is 11.3 Å². The molecule has 0 fully saturated rings. The first-order valence-electron chi connectivity index (χ1n) is 4.52. The van der Waals surface area contributed by atoms with Crippen molar-refractivity contribution in [2.45, 2.75) is 12.3 Å². The van der Waals surface area contributed by atoms with Gasteiger partial charge < -0.3 is 4.42 Å². The van der Waals surface area contributed by atoms with E-state index in [-0.39, 0.29) is 5.38 Å². The Kier molecular flexibility index (Phi) is 3.31. The molecule has 78 valence electrons. The van der Waals surface area contributed by atoms with Gasteiger partial charge >= 0.3 is 0 Å². The Bertz CT molecular complexity index is 467. The predicted molar refractivity (Wildman–Crippen MR) is 68.9 cm³/mol. The maximum atomic E-state index is 5.88. The molecule has 0 aliphatic heterocycles. The van der Waals surface area contributed by atoms with E-state index >= 15 is 0 Å². The number of oxazole rings is 1. The van der Waals surface area contributed by atoms with E-state index in [1.165, 1.54) is 3.57 Å². The van der Waals surface area contributed by atoms with Crippen LogP contribution in [-0.4, -0.2) is 4.98 Å². The van der Waals surface area contributed by atoms with Crippen molar-refractivity contribution in [3.05, 3.63) is 39.9 Å². The zero-order valence-electron chi connectivity index (χ0n) is 8.08. The zero-order valence-corrected chi connectivity index (χ0v) is 11.0. The lowest BCUT2D eigenvalue weighted by Crippen LogP contribution is -1.80. The quantitative estimate of drug-likeness (QED) is 0.607. The molecule has 15 heavy (non-hydrogen) atoms. The summed E-state index contributed by atoms with van der Waals surface area (Å²) in [7, 11) is 0. The van der Waals surface area contributed by atoms with Gasteiger partial charge in [-0.1, -0.05) is 12.1 Å². The SMILES string of the molecule is CC(Cl)c1ncc(-c2cccc(I)c2)o1. The van der Waals surface area contributed by atoms with Gasteiger partial charge in [0.15, 0.2) is 5.76 Å².